The standard InChI is InChI=1S/C14H32N2O/c1-5-8-11-16(7-3)12-9-14(4,13-17)15-10-6-2/h15,17H,5-13H2,1-4H3. The molecule has 3 heteroatoms. The Kier molecular flexibility index (Phi) is 9.79. The van der Waals surface area contributed by atoms with Crippen molar-refractivity contribution >= 4 is 0 Å². The maximum Gasteiger partial charge on any atom is 0.0611 e. The zero-order valence-electron chi connectivity index (χ0n) is 12.3. The summed E-state index contributed by atoms with van der Waals surface area (Å²) in [6.45, 7) is 13.3. The smallest absolute Gasteiger partial charge is 0.0611 e. The number of hydrogen-bond acceptors (Lipinski definition) is 3. The Balaban J connectivity index is 4.00. The Morgan fingerprint density at radius 2 is 1.82 bits per heavy atom. The van der Waals surface area contributed by atoms with Crippen LogP contribution >= 0.6 is 0 Å². The zero-order chi connectivity index (χ0) is 13.1. The third-order valence-corrected chi connectivity index (χ3v) is 3.41. The van der Waals surface area contributed by atoms with Gasteiger partial charge in [0.1, 0.15) is 0 Å². The molecule has 0 aliphatic heterocycles. The summed E-state index contributed by atoms with van der Waals surface area (Å²) in [5.74, 6) is 0. The van der Waals surface area contributed by atoms with Crippen molar-refractivity contribution in [3.05, 3.63) is 0 Å². The lowest BCUT2D eigenvalue weighted by Crippen LogP contribution is -2.48. The number of hydrogen-bond donors (Lipinski definition) is 2. The maximum atomic E-state index is 9.49. The van der Waals surface area contributed by atoms with Crippen LogP contribution in [0.2, 0.25) is 0 Å². The molecule has 0 radical (unpaired) electrons. The van der Waals surface area contributed by atoms with Crippen LogP contribution in [-0.4, -0.2) is 48.3 Å². The highest BCUT2D eigenvalue weighted by molar-refractivity contribution is 4.83. The summed E-state index contributed by atoms with van der Waals surface area (Å²) in [7, 11) is 0. The highest BCUT2D eigenvalue weighted by atomic mass is 16.3. The third-order valence-electron chi connectivity index (χ3n) is 3.41. The molecular formula is C14H32N2O. The normalized spacial score (nSPS) is 15.2. The molecule has 1 unspecified atom stereocenters. The van der Waals surface area contributed by atoms with E-state index in [-0.39, 0.29) is 12.1 Å². The first-order valence-corrected chi connectivity index (χ1v) is 7.20. The van der Waals surface area contributed by atoms with Gasteiger partial charge in [-0.1, -0.05) is 27.2 Å². The van der Waals surface area contributed by atoms with Gasteiger partial charge in [-0.3, -0.25) is 0 Å². The van der Waals surface area contributed by atoms with Crippen LogP contribution in [0.15, 0.2) is 0 Å². The first kappa shape index (κ1) is 16.9. The van der Waals surface area contributed by atoms with E-state index in [1.807, 2.05) is 0 Å². The number of nitrogens with zero attached hydrogens (tertiary/aromatic N) is 1. The van der Waals surface area contributed by atoms with Gasteiger partial charge in [0, 0.05) is 5.54 Å². The number of nitrogens with one attached hydrogen (secondary N) is 1. The van der Waals surface area contributed by atoms with Crippen LogP contribution in [-0.2, 0) is 0 Å². The maximum absolute atomic E-state index is 9.49. The van der Waals surface area contributed by atoms with Gasteiger partial charge in [0.25, 0.3) is 0 Å². The number of aliphatic hydroxyl groups excluding tert-OH is 1. The molecule has 17 heavy (non-hydrogen) atoms. The largest absolute Gasteiger partial charge is 0.394 e. The van der Waals surface area contributed by atoms with Gasteiger partial charge in [-0.15, -0.1) is 0 Å². The fraction of sp³-hybridized carbons (Fsp3) is 1.00. The lowest BCUT2D eigenvalue weighted by Gasteiger charge is -2.31. The minimum absolute atomic E-state index is 0.115. The molecular weight excluding hydrogens is 212 g/mol. The van der Waals surface area contributed by atoms with Crippen LogP contribution in [0.1, 0.15) is 53.4 Å². The minimum atomic E-state index is -0.115. The van der Waals surface area contributed by atoms with Crippen molar-refractivity contribution in [2.24, 2.45) is 0 Å². The monoisotopic (exact) mass is 244 g/mol. The van der Waals surface area contributed by atoms with E-state index in [1.54, 1.807) is 0 Å². The molecule has 0 aliphatic rings. The fourth-order valence-electron chi connectivity index (χ4n) is 1.86. The van der Waals surface area contributed by atoms with Crippen molar-refractivity contribution < 1.29 is 5.11 Å². The second-order valence-electron chi connectivity index (χ2n) is 5.18. The number of aliphatic hydroxyl groups is 1. The number of rotatable bonds is 11. The molecule has 0 heterocycles. The van der Waals surface area contributed by atoms with Crippen LogP contribution in [0, 0.1) is 0 Å². The van der Waals surface area contributed by atoms with E-state index in [1.165, 1.54) is 19.4 Å². The molecule has 0 aromatic heterocycles. The van der Waals surface area contributed by atoms with Crippen LogP contribution in [0.25, 0.3) is 0 Å². The van der Waals surface area contributed by atoms with E-state index in [4.69, 9.17) is 0 Å². The van der Waals surface area contributed by atoms with Gasteiger partial charge in [-0.05, 0) is 52.4 Å². The summed E-state index contributed by atoms with van der Waals surface area (Å²) >= 11 is 0. The molecule has 0 aliphatic carbocycles. The van der Waals surface area contributed by atoms with Crippen LogP contribution in [0.4, 0.5) is 0 Å². The Morgan fingerprint density at radius 3 is 2.29 bits per heavy atom. The van der Waals surface area contributed by atoms with E-state index >= 15 is 0 Å². The molecule has 104 valence electrons. The average Bonchev–Trinajstić information content (AvgIpc) is 2.36. The molecule has 0 amide bonds. The zero-order valence-corrected chi connectivity index (χ0v) is 12.3. The third kappa shape index (κ3) is 7.74. The van der Waals surface area contributed by atoms with Gasteiger partial charge in [-0.25, -0.2) is 0 Å². The van der Waals surface area contributed by atoms with Gasteiger partial charge in [0.2, 0.25) is 0 Å². The van der Waals surface area contributed by atoms with Gasteiger partial charge < -0.3 is 15.3 Å². The topological polar surface area (TPSA) is 35.5 Å². The second kappa shape index (κ2) is 9.86. The molecule has 0 aromatic rings. The molecule has 0 spiro atoms. The van der Waals surface area contributed by atoms with E-state index in [2.05, 4.69) is 37.9 Å². The molecule has 2 N–H and O–H groups in total. The lowest BCUT2D eigenvalue weighted by molar-refractivity contribution is 0.146. The predicted octanol–water partition coefficient (Wildman–Crippen LogP) is 2.25. The quantitative estimate of drug-likeness (QED) is 0.585. The molecule has 0 bridgehead atoms. The average molecular weight is 244 g/mol. The van der Waals surface area contributed by atoms with E-state index in [9.17, 15) is 5.11 Å². The van der Waals surface area contributed by atoms with Gasteiger partial charge >= 0.3 is 0 Å². The molecule has 0 saturated carbocycles. The van der Waals surface area contributed by atoms with Gasteiger partial charge in [0.05, 0.1) is 6.61 Å². The molecule has 0 fully saturated rings. The summed E-state index contributed by atoms with van der Waals surface area (Å²) < 4.78 is 0. The summed E-state index contributed by atoms with van der Waals surface area (Å²) in [5, 5.41) is 12.9. The van der Waals surface area contributed by atoms with Crippen molar-refractivity contribution in [2.45, 2.75) is 58.9 Å². The molecule has 1 atom stereocenters. The molecule has 0 saturated heterocycles. The second-order valence-corrected chi connectivity index (χ2v) is 5.18. The molecule has 3 nitrogen and oxygen atoms in total. The Bertz CT molecular complexity index is 176. The summed E-state index contributed by atoms with van der Waals surface area (Å²) in [4.78, 5) is 2.48. The van der Waals surface area contributed by atoms with E-state index < -0.39 is 0 Å². The Hall–Kier alpha value is -0.120. The van der Waals surface area contributed by atoms with Crippen LogP contribution < -0.4 is 5.32 Å². The van der Waals surface area contributed by atoms with Crippen molar-refractivity contribution in [1.82, 2.24) is 10.2 Å². The van der Waals surface area contributed by atoms with Crippen molar-refractivity contribution in [3.63, 3.8) is 0 Å². The fourth-order valence-corrected chi connectivity index (χ4v) is 1.86. The summed E-state index contributed by atoms with van der Waals surface area (Å²) in [6.07, 6.45) is 4.65. The summed E-state index contributed by atoms with van der Waals surface area (Å²) in [6, 6.07) is 0. The van der Waals surface area contributed by atoms with Crippen LogP contribution in [0.3, 0.4) is 0 Å². The van der Waals surface area contributed by atoms with Crippen LogP contribution in [0.5, 0.6) is 0 Å². The summed E-state index contributed by atoms with van der Waals surface area (Å²) in [5.41, 5.74) is -0.115. The minimum Gasteiger partial charge on any atom is -0.394 e. The lowest BCUT2D eigenvalue weighted by atomic mass is 9.98. The van der Waals surface area contributed by atoms with Gasteiger partial charge in [0.15, 0.2) is 0 Å². The molecule has 0 aromatic carbocycles. The first-order valence-electron chi connectivity index (χ1n) is 7.20. The Morgan fingerprint density at radius 1 is 1.12 bits per heavy atom. The highest BCUT2D eigenvalue weighted by Crippen LogP contribution is 2.10. The predicted molar refractivity (Wildman–Crippen MR) is 75.4 cm³/mol. The van der Waals surface area contributed by atoms with Crippen molar-refractivity contribution in [1.29, 1.82) is 0 Å². The SMILES string of the molecule is CCCCN(CC)CCC(C)(CO)NCCC. The van der Waals surface area contributed by atoms with E-state index in [0.29, 0.717) is 0 Å². The Labute approximate surface area is 108 Å². The van der Waals surface area contributed by atoms with Crippen molar-refractivity contribution in [2.75, 3.05) is 32.8 Å². The van der Waals surface area contributed by atoms with Crippen molar-refractivity contribution in [3.8, 4) is 0 Å². The van der Waals surface area contributed by atoms with E-state index in [0.717, 1.165) is 32.5 Å². The number of unbranched alkanes of at least 4 members (excludes halogenated alkanes) is 1. The van der Waals surface area contributed by atoms with Gasteiger partial charge in [-0.2, -0.15) is 0 Å². The molecule has 0 rings (SSSR count). The highest BCUT2D eigenvalue weighted by Gasteiger charge is 2.22. The first-order chi connectivity index (χ1) is 8.11.